The molecule has 0 atom stereocenters. The molecule has 0 amide bonds. The minimum Gasteiger partial charge on any atom is -0.495 e. The maximum Gasteiger partial charge on any atom is 0.258 e. The zero-order valence-corrected chi connectivity index (χ0v) is 23.3. The summed E-state index contributed by atoms with van der Waals surface area (Å²) in [4.78, 5) is 20.6. The van der Waals surface area contributed by atoms with E-state index in [1.165, 1.54) is 14.2 Å². The minimum absolute atomic E-state index is 0.236. The molecule has 1 saturated heterocycles. The molecule has 1 fully saturated rings. The zero-order valence-electron chi connectivity index (χ0n) is 21.8. The Balaban J connectivity index is 1.52. The number of halogens is 2. The largest absolute Gasteiger partial charge is 0.495 e. The number of aryl methyl sites for hydroxylation is 2. The normalized spacial score (nSPS) is 14.3. The summed E-state index contributed by atoms with van der Waals surface area (Å²) in [6.45, 7) is 7.08. The van der Waals surface area contributed by atoms with Gasteiger partial charge in [0.15, 0.2) is 0 Å². The van der Waals surface area contributed by atoms with E-state index in [0.29, 0.717) is 22.6 Å². The fourth-order valence-electron chi connectivity index (χ4n) is 4.77. The third kappa shape index (κ3) is 4.87. The number of methoxy groups -OCH3 is 2. The lowest BCUT2D eigenvalue weighted by atomic mass is 10.0. The molecule has 4 heterocycles. The first-order valence-corrected chi connectivity index (χ1v) is 13.0. The van der Waals surface area contributed by atoms with Crippen LogP contribution >= 0.6 is 23.2 Å². The lowest BCUT2D eigenvalue weighted by Crippen LogP contribution is -2.38. The number of aromatic nitrogens is 4. The van der Waals surface area contributed by atoms with Crippen molar-refractivity contribution in [3.05, 3.63) is 56.7 Å². The van der Waals surface area contributed by atoms with Crippen molar-refractivity contribution in [2.75, 3.05) is 47.1 Å². The van der Waals surface area contributed by atoms with Crippen LogP contribution in [0.25, 0.3) is 33.3 Å². The van der Waals surface area contributed by atoms with Crippen LogP contribution in [-0.2, 0) is 18.3 Å². The second kappa shape index (κ2) is 10.9. The quantitative estimate of drug-likeness (QED) is 0.332. The van der Waals surface area contributed by atoms with E-state index in [1.54, 1.807) is 29.9 Å². The molecule has 0 aliphatic carbocycles. The van der Waals surface area contributed by atoms with Crippen molar-refractivity contribution in [2.24, 2.45) is 7.05 Å². The molecular weight excluding hydrogens is 529 g/mol. The summed E-state index contributed by atoms with van der Waals surface area (Å²) in [5, 5.41) is 5.93. The van der Waals surface area contributed by atoms with E-state index in [9.17, 15) is 4.79 Å². The molecule has 0 N–H and O–H groups in total. The van der Waals surface area contributed by atoms with E-state index in [2.05, 4.69) is 4.90 Å². The van der Waals surface area contributed by atoms with E-state index in [4.69, 9.17) is 47.5 Å². The van der Waals surface area contributed by atoms with E-state index >= 15 is 0 Å². The van der Waals surface area contributed by atoms with Gasteiger partial charge in [-0.2, -0.15) is 5.10 Å². The van der Waals surface area contributed by atoms with Crippen molar-refractivity contribution < 1.29 is 14.2 Å². The second-order valence-corrected chi connectivity index (χ2v) is 9.94. The predicted octanol–water partition coefficient (Wildman–Crippen LogP) is 4.43. The molecule has 0 spiro atoms. The third-order valence-electron chi connectivity index (χ3n) is 6.92. The zero-order chi connectivity index (χ0) is 27.0. The average Bonchev–Trinajstić information content (AvgIpc) is 3.31. The first-order valence-electron chi connectivity index (χ1n) is 12.3. The summed E-state index contributed by atoms with van der Waals surface area (Å²) in [5.41, 5.74) is 3.70. The summed E-state index contributed by atoms with van der Waals surface area (Å²) in [5.74, 6) is 0.722. The minimum atomic E-state index is -0.258. The highest BCUT2D eigenvalue weighted by Crippen LogP contribution is 2.45. The summed E-state index contributed by atoms with van der Waals surface area (Å²) in [7, 11) is 4.71. The summed E-state index contributed by atoms with van der Waals surface area (Å²) in [6, 6.07) is 5.25. The van der Waals surface area contributed by atoms with Crippen LogP contribution in [0.1, 0.15) is 5.69 Å². The number of benzene rings is 1. The van der Waals surface area contributed by atoms with Gasteiger partial charge >= 0.3 is 0 Å². The smallest absolute Gasteiger partial charge is 0.258 e. The number of ether oxygens (including phenoxy) is 3. The van der Waals surface area contributed by atoms with Gasteiger partial charge in [0.1, 0.15) is 11.5 Å². The molecule has 3 aromatic heterocycles. The first-order chi connectivity index (χ1) is 18.3. The van der Waals surface area contributed by atoms with Crippen molar-refractivity contribution in [1.82, 2.24) is 24.2 Å². The van der Waals surface area contributed by atoms with Gasteiger partial charge in [-0.1, -0.05) is 23.2 Å². The molecule has 200 valence electrons. The summed E-state index contributed by atoms with van der Waals surface area (Å²) in [6.07, 6.45) is 3.76. The Morgan fingerprint density at radius 2 is 1.68 bits per heavy atom. The van der Waals surface area contributed by atoms with Crippen LogP contribution in [0.3, 0.4) is 0 Å². The fourth-order valence-corrected chi connectivity index (χ4v) is 5.47. The van der Waals surface area contributed by atoms with Gasteiger partial charge in [0.05, 0.1) is 66.5 Å². The highest BCUT2D eigenvalue weighted by Gasteiger charge is 2.22. The topological polar surface area (TPSA) is 83.6 Å². The molecule has 38 heavy (non-hydrogen) atoms. The molecule has 0 radical (unpaired) electrons. The van der Waals surface area contributed by atoms with E-state index < -0.39 is 0 Å². The van der Waals surface area contributed by atoms with Gasteiger partial charge in [-0.05, 0) is 19.1 Å². The van der Waals surface area contributed by atoms with Crippen molar-refractivity contribution in [2.45, 2.75) is 13.5 Å². The number of nitrogens with zero attached hydrogens (tertiary/aromatic N) is 5. The average molecular weight is 558 g/mol. The fraction of sp³-hybridized carbons (Fsp3) is 0.370. The van der Waals surface area contributed by atoms with Gasteiger partial charge < -0.3 is 18.8 Å². The molecule has 4 aromatic rings. The second-order valence-electron chi connectivity index (χ2n) is 9.18. The summed E-state index contributed by atoms with van der Waals surface area (Å²) < 4.78 is 19.7. The van der Waals surface area contributed by atoms with Crippen LogP contribution < -0.4 is 15.0 Å². The van der Waals surface area contributed by atoms with Crippen LogP contribution in [0, 0.1) is 6.92 Å². The molecule has 0 bridgehead atoms. The number of hydrogen-bond donors (Lipinski definition) is 0. The van der Waals surface area contributed by atoms with Crippen LogP contribution in [0.5, 0.6) is 11.5 Å². The molecule has 1 aliphatic heterocycles. The Labute approximate surface area is 230 Å². The molecular formula is C27H29Cl2N5O4. The van der Waals surface area contributed by atoms with Gasteiger partial charge in [-0.15, -0.1) is 0 Å². The van der Waals surface area contributed by atoms with Crippen molar-refractivity contribution in [1.29, 1.82) is 0 Å². The van der Waals surface area contributed by atoms with Crippen molar-refractivity contribution in [3.8, 4) is 33.9 Å². The summed E-state index contributed by atoms with van der Waals surface area (Å²) >= 11 is 13.2. The van der Waals surface area contributed by atoms with Crippen LogP contribution in [0.15, 0.2) is 35.4 Å². The van der Waals surface area contributed by atoms with Gasteiger partial charge in [0.2, 0.25) is 0 Å². The first kappa shape index (κ1) is 26.5. The number of morpholine rings is 1. The van der Waals surface area contributed by atoms with Gasteiger partial charge in [-0.25, -0.2) is 0 Å². The van der Waals surface area contributed by atoms with Crippen molar-refractivity contribution in [3.63, 3.8) is 0 Å². The molecule has 9 nitrogen and oxygen atoms in total. The Kier molecular flexibility index (Phi) is 7.63. The number of rotatable bonds is 7. The highest BCUT2D eigenvalue weighted by atomic mass is 35.5. The molecule has 11 heteroatoms. The molecule has 0 saturated carbocycles. The van der Waals surface area contributed by atoms with Crippen LogP contribution in [0.2, 0.25) is 10.0 Å². The Bertz CT molecular complexity index is 1530. The molecule has 1 aromatic carbocycles. The molecule has 0 unspecified atom stereocenters. The maximum absolute atomic E-state index is 13.6. The van der Waals surface area contributed by atoms with E-state index in [0.717, 1.165) is 67.2 Å². The lowest BCUT2D eigenvalue weighted by molar-refractivity contribution is 0.0359. The Morgan fingerprint density at radius 1 is 1.00 bits per heavy atom. The standard InChI is InChI=1S/C27H29Cl2N5O4/c1-16-19(15-34(31-16)6-5-33-7-9-38-10-8-33)20-12-21-17(14-30-20)11-18(27(35)32(21)2)24-25(28)22(36-3)13-23(37-4)26(24)29/h11-15H,5-10H2,1-4H3. The van der Waals surface area contributed by atoms with Crippen LogP contribution in [-0.4, -0.2) is 71.3 Å². The van der Waals surface area contributed by atoms with Crippen molar-refractivity contribution >= 4 is 34.1 Å². The highest BCUT2D eigenvalue weighted by molar-refractivity contribution is 6.41. The molecule has 1 aliphatic rings. The number of hydrogen-bond acceptors (Lipinski definition) is 7. The Hall–Kier alpha value is -3.11. The lowest BCUT2D eigenvalue weighted by Gasteiger charge is -2.26. The van der Waals surface area contributed by atoms with Crippen LogP contribution in [0.4, 0.5) is 0 Å². The van der Waals surface area contributed by atoms with E-state index in [1.807, 2.05) is 23.9 Å². The maximum atomic E-state index is 13.6. The third-order valence-corrected chi connectivity index (χ3v) is 7.67. The number of fused-ring (bicyclic) bond motifs is 1. The van der Waals surface area contributed by atoms with E-state index in [-0.39, 0.29) is 15.6 Å². The monoisotopic (exact) mass is 557 g/mol. The van der Waals surface area contributed by atoms with Gasteiger partial charge in [0, 0.05) is 61.7 Å². The predicted molar refractivity (Wildman–Crippen MR) is 149 cm³/mol. The van der Waals surface area contributed by atoms with Gasteiger partial charge in [0.25, 0.3) is 5.56 Å². The Morgan fingerprint density at radius 3 is 2.34 bits per heavy atom. The van der Waals surface area contributed by atoms with Gasteiger partial charge in [-0.3, -0.25) is 19.4 Å². The SMILES string of the molecule is COc1cc(OC)c(Cl)c(-c2cc3cnc(-c4cn(CCN5CCOCC5)nc4C)cc3n(C)c2=O)c1Cl. The molecule has 5 rings (SSSR count). The number of pyridine rings is 2.